The van der Waals surface area contributed by atoms with Crippen molar-refractivity contribution >= 4 is 22.4 Å². The van der Waals surface area contributed by atoms with Crippen molar-refractivity contribution in [1.29, 1.82) is 0 Å². The molecule has 0 amide bonds. The number of nitrogens with zero attached hydrogens (tertiary/aromatic N) is 1. The highest BCUT2D eigenvalue weighted by Gasteiger charge is 2.09. The molecule has 1 heterocycles. The topological polar surface area (TPSA) is 22.1 Å². The quantitative estimate of drug-likeness (QED) is 0.725. The second kappa shape index (κ2) is 4.07. The average Bonchev–Trinajstić information content (AvgIpc) is 2.29. The maximum atomic E-state index is 6.08. The maximum Gasteiger partial charge on any atom is 0.140 e. The molecular weight excluding hydrogens is 210 g/mol. The Morgan fingerprint density at radius 3 is 2.87 bits per heavy atom. The Morgan fingerprint density at radius 1 is 1.40 bits per heavy atom. The van der Waals surface area contributed by atoms with Gasteiger partial charge in [-0.1, -0.05) is 30.7 Å². The lowest BCUT2D eigenvalue weighted by atomic mass is 10.1. The molecule has 0 radical (unpaired) electrons. The Bertz CT molecular complexity index is 496. The van der Waals surface area contributed by atoms with E-state index in [9.17, 15) is 0 Å². The molecule has 0 aliphatic heterocycles. The Labute approximate surface area is 93.8 Å². The lowest BCUT2D eigenvalue weighted by Gasteiger charge is -2.09. The fraction of sp³-hybridized carbons (Fsp3) is 0.250. The van der Waals surface area contributed by atoms with Gasteiger partial charge in [0.15, 0.2) is 0 Å². The number of methoxy groups -OCH3 is 1. The molecule has 0 aliphatic carbocycles. The molecule has 0 atom stereocenters. The summed E-state index contributed by atoms with van der Waals surface area (Å²) in [6, 6.07) is 5.91. The molecule has 0 N–H and O–H groups in total. The number of benzene rings is 1. The molecule has 1 aromatic heterocycles. The summed E-state index contributed by atoms with van der Waals surface area (Å²) < 4.78 is 5.28. The highest BCUT2D eigenvalue weighted by molar-refractivity contribution is 6.35. The van der Waals surface area contributed by atoms with Crippen LogP contribution in [-0.2, 0) is 6.42 Å². The number of hydrogen-bond donors (Lipinski definition) is 0. The molecule has 0 fully saturated rings. The van der Waals surface area contributed by atoms with Crippen LogP contribution >= 0.6 is 11.6 Å². The molecule has 0 saturated carbocycles. The summed E-state index contributed by atoms with van der Waals surface area (Å²) in [7, 11) is 1.64. The third-order valence-electron chi connectivity index (χ3n) is 2.51. The minimum absolute atomic E-state index is 0.500. The van der Waals surface area contributed by atoms with Crippen LogP contribution in [-0.4, -0.2) is 12.1 Å². The number of rotatable bonds is 2. The second-order valence-electron chi connectivity index (χ2n) is 3.31. The van der Waals surface area contributed by atoms with Crippen molar-refractivity contribution in [2.24, 2.45) is 0 Å². The average molecular weight is 222 g/mol. The van der Waals surface area contributed by atoms with Crippen LogP contribution in [0, 0.1) is 0 Å². The van der Waals surface area contributed by atoms with Gasteiger partial charge in [-0.3, -0.25) is 0 Å². The van der Waals surface area contributed by atoms with E-state index in [0.717, 1.165) is 22.9 Å². The van der Waals surface area contributed by atoms with Gasteiger partial charge in [-0.05, 0) is 23.4 Å². The van der Waals surface area contributed by atoms with E-state index in [1.807, 2.05) is 24.4 Å². The van der Waals surface area contributed by atoms with Crippen LogP contribution in [0.2, 0.25) is 5.15 Å². The lowest BCUT2D eigenvalue weighted by molar-refractivity contribution is 0.419. The first-order valence-corrected chi connectivity index (χ1v) is 5.25. The number of aromatic nitrogens is 1. The molecule has 2 rings (SSSR count). The van der Waals surface area contributed by atoms with Crippen molar-refractivity contribution in [2.45, 2.75) is 13.3 Å². The molecule has 2 nitrogen and oxygen atoms in total. The Morgan fingerprint density at radius 2 is 2.20 bits per heavy atom. The van der Waals surface area contributed by atoms with Gasteiger partial charge in [0.1, 0.15) is 10.9 Å². The van der Waals surface area contributed by atoms with Crippen molar-refractivity contribution in [3.05, 3.63) is 35.1 Å². The first kappa shape index (κ1) is 10.2. The van der Waals surface area contributed by atoms with Crippen LogP contribution in [0.5, 0.6) is 5.75 Å². The zero-order valence-corrected chi connectivity index (χ0v) is 9.51. The first-order chi connectivity index (χ1) is 7.27. The molecule has 1 aromatic carbocycles. The van der Waals surface area contributed by atoms with E-state index in [1.54, 1.807) is 7.11 Å². The Balaban J connectivity index is 2.86. The maximum absolute atomic E-state index is 6.08. The molecular formula is C12H12ClNO. The standard InChI is InChI=1S/C12H12ClNO/c1-3-8-7-14-12(13)11-9(8)5-4-6-10(11)15-2/h4-7H,3H2,1-2H3. The summed E-state index contributed by atoms with van der Waals surface area (Å²) in [4.78, 5) is 4.17. The zero-order valence-electron chi connectivity index (χ0n) is 8.75. The second-order valence-corrected chi connectivity index (χ2v) is 3.67. The smallest absolute Gasteiger partial charge is 0.140 e. The fourth-order valence-corrected chi connectivity index (χ4v) is 1.98. The van der Waals surface area contributed by atoms with Crippen molar-refractivity contribution < 1.29 is 4.74 Å². The van der Waals surface area contributed by atoms with Gasteiger partial charge in [0.05, 0.1) is 12.5 Å². The first-order valence-electron chi connectivity index (χ1n) is 4.88. The summed E-state index contributed by atoms with van der Waals surface area (Å²) in [6.07, 6.45) is 2.76. The van der Waals surface area contributed by atoms with E-state index in [1.165, 1.54) is 5.56 Å². The number of ether oxygens (including phenoxy) is 1. The summed E-state index contributed by atoms with van der Waals surface area (Å²) in [5.74, 6) is 0.778. The third kappa shape index (κ3) is 1.65. The summed E-state index contributed by atoms with van der Waals surface area (Å²) >= 11 is 6.08. The zero-order chi connectivity index (χ0) is 10.8. The number of pyridine rings is 1. The summed E-state index contributed by atoms with van der Waals surface area (Å²) in [5, 5.41) is 2.53. The number of halogens is 1. The van der Waals surface area contributed by atoms with Gasteiger partial charge in [0.2, 0.25) is 0 Å². The van der Waals surface area contributed by atoms with Gasteiger partial charge in [-0.25, -0.2) is 4.98 Å². The van der Waals surface area contributed by atoms with Crippen molar-refractivity contribution in [3.8, 4) is 5.75 Å². The van der Waals surface area contributed by atoms with Crippen LogP contribution in [0.4, 0.5) is 0 Å². The highest BCUT2D eigenvalue weighted by atomic mass is 35.5. The van der Waals surface area contributed by atoms with E-state index in [2.05, 4.69) is 11.9 Å². The van der Waals surface area contributed by atoms with Crippen LogP contribution in [0.25, 0.3) is 10.8 Å². The van der Waals surface area contributed by atoms with E-state index in [0.29, 0.717) is 5.15 Å². The molecule has 2 aromatic rings. The van der Waals surface area contributed by atoms with Crippen molar-refractivity contribution in [1.82, 2.24) is 4.98 Å². The molecule has 0 saturated heterocycles. The van der Waals surface area contributed by atoms with Gasteiger partial charge in [-0.15, -0.1) is 0 Å². The van der Waals surface area contributed by atoms with Crippen LogP contribution in [0.1, 0.15) is 12.5 Å². The molecule has 0 aliphatic rings. The molecule has 0 unspecified atom stereocenters. The van der Waals surface area contributed by atoms with Crippen molar-refractivity contribution in [3.63, 3.8) is 0 Å². The third-order valence-corrected chi connectivity index (χ3v) is 2.80. The normalized spacial score (nSPS) is 10.6. The number of hydrogen-bond acceptors (Lipinski definition) is 2. The molecule has 78 valence electrons. The van der Waals surface area contributed by atoms with Crippen LogP contribution in [0.3, 0.4) is 0 Å². The van der Waals surface area contributed by atoms with Crippen LogP contribution < -0.4 is 4.74 Å². The van der Waals surface area contributed by atoms with Gasteiger partial charge >= 0.3 is 0 Å². The van der Waals surface area contributed by atoms with Gasteiger partial charge < -0.3 is 4.74 Å². The SMILES string of the molecule is CCc1cnc(Cl)c2c(OC)cccc12. The Hall–Kier alpha value is -1.28. The van der Waals surface area contributed by atoms with E-state index in [4.69, 9.17) is 16.3 Å². The van der Waals surface area contributed by atoms with E-state index in [-0.39, 0.29) is 0 Å². The number of aryl methyl sites for hydroxylation is 1. The van der Waals surface area contributed by atoms with Gasteiger partial charge in [0.25, 0.3) is 0 Å². The largest absolute Gasteiger partial charge is 0.496 e. The predicted octanol–water partition coefficient (Wildman–Crippen LogP) is 3.46. The Kier molecular flexibility index (Phi) is 2.78. The minimum atomic E-state index is 0.500. The van der Waals surface area contributed by atoms with Crippen LogP contribution in [0.15, 0.2) is 24.4 Å². The van der Waals surface area contributed by atoms with Gasteiger partial charge in [-0.2, -0.15) is 0 Å². The van der Waals surface area contributed by atoms with Gasteiger partial charge in [0, 0.05) is 6.20 Å². The predicted molar refractivity (Wildman–Crippen MR) is 62.7 cm³/mol. The van der Waals surface area contributed by atoms with Crippen molar-refractivity contribution in [2.75, 3.05) is 7.11 Å². The van der Waals surface area contributed by atoms with E-state index < -0.39 is 0 Å². The molecule has 15 heavy (non-hydrogen) atoms. The van der Waals surface area contributed by atoms with E-state index >= 15 is 0 Å². The molecule has 0 spiro atoms. The summed E-state index contributed by atoms with van der Waals surface area (Å²) in [6.45, 7) is 2.10. The highest BCUT2D eigenvalue weighted by Crippen LogP contribution is 2.32. The lowest BCUT2D eigenvalue weighted by Crippen LogP contribution is -1.91. The fourth-order valence-electron chi connectivity index (χ4n) is 1.73. The molecule has 0 bridgehead atoms. The minimum Gasteiger partial charge on any atom is -0.496 e. The number of fused-ring (bicyclic) bond motifs is 1. The monoisotopic (exact) mass is 221 g/mol. The summed E-state index contributed by atoms with van der Waals surface area (Å²) in [5.41, 5.74) is 1.19. The molecule has 3 heteroatoms.